The Kier molecular flexibility index (Phi) is 3.89. The predicted octanol–water partition coefficient (Wildman–Crippen LogP) is 3.39. The average Bonchev–Trinajstić information content (AvgIpc) is 2.77. The largest absolute Gasteiger partial charge is 0.381 e. The van der Waals surface area contributed by atoms with Crippen LogP contribution in [-0.2, 0) is 16.7 Å². The molecule has 2 aromatic rings. The van der Waals surface area contributed by atoms with Gasteiger partial charge in [-0.15, -0.1) is 11.6 Å². The first-order chi connectivity index (χ1) is 9.64. The number of hydrogen-bond acceptors (Lipinski definition) is 3. The van der Waals surface area contributed by atoms with Gasteiger partial charge in [-0.05, 0) is 25.8 Å². The summed E-state index contributed by atoms with van der Waals surface area (Å²) in [6.07, 6.45) is 4.32. The van der Waals surface area contributed by atoms with E-state index in [1.807, 2.05) is 6.07 Å². The second kappa shape index (κ2) is 5.51. The number of alkyl halides is 1. The van der Waals surface area contributed by atoms with E-state index >= 15 is 0 Å². The van der Waals surface area contributed by atoms with Crippen molar-refractivity contribution in [2.24, 2.45) is 0 Å². The third-order valence-electron chi connectivity index (χ3n) is 3.96. The molecule has 0 radical (unpaired) electrons. The number of imidazole rings is 1. The fraction of sp³-hybridized carbons (Fsp3) is 0.571. The molecule has 3 heterocycles. The van der Waals surface area contributed by atoms with E-state index in [0.717, 1.165) is 49.5 Å². The smallest absolute Gasteiger partial charge is 0.160 e. The van der Waals surface area contributed by atoms with E-state index in [-0.39, 0.29) is 5.54 Å². The number of hydrogen-bond donors (Lipinski definition) is 0. The zero-order chi connectivity index (χ0) is 14.2. The summed E-state index contributed by atoms with van der Waals surface area (Å²) in [6, 6.07) is 1.86. The van der Waals surface area contributed by atoms with Gasteiger partial charge in [-0.25, -0.2) is 9.97 Å². The molecule has 0 atom stereocenters. The Balaban J connectivity index is 2.17. The van der Waals surface area contributed by atoms with Crippen LogP contribution in [0.25, 0.3) is 11.2 Å². The van der Waals surface area contributed by atoms with E-state index in [0.29, 0.717) is 10.9 Å². The van der Waals surface area contributed by atoms with Crippen LogP contribution in [0.15, 0.2) is 12.3 Å². The fourth-order valence-corrected chi connectivity index (χ4v) is 3.16. The highest BCUT2D eigenvalue weighted by atomic mass is 35.5. The second-order valence-electron chi connectivity index (χ2n) is 5.41. The van der Waals surface area contributed by atoms with Crippen molar-refractivity contribution in [3.05, 3.63) is 23.1 Å². The highest BCUT2D eigenvalue weighted by molar-refractivity contribution is 6.31. The number of aryl methyl sites for hydroxylation is 1. The van der Waals surface area contributed by atoms with Crippen molar-refractivity contribution >= 4 is 34.4 Å². The highest BCUT2D eigenvalue weighted by Gasteiger charge is 2.33. The maximum atomic E-state index is 6.02. The molecular formula is C14H17Cl2N3O. The lowest BCUT2D eigenvalue weighted by atomic mass is 9.92. The van der Waals surface area contributed by atoms with Crippen LogP contribution >= 0.6 is 23.2 Å². The molecule has 1 saturated heterocycles. The topological polar surface area (TPSA) is 39.9 Å². The first-order valence-electron chi connectivity index (χ1n) is 6.81. The highest BCUT2D eigenvalue weighted by Crippen LogP contribution is 2.33. The van der Waals surface area contributed by atoms with Gasteiger partial charge in [0.15, 0.2) is 5.65 Å². The van der Waals surface area contributed by atoms with Gasteiger partial charge in [-0.3, -0.25) is 0 Å². The minimum absolute atomic E-state index is 0.0186. The normalized spacial score (nSPS) is 18.6. The maximum Gasteiger partial charge on any atom is 0.160 e. The quantitative estimate of drug-likeness (QED) is 0.815. The van der Waals surface area contributed by atoms with Crippen molar-refractivity contribution in [2.75, 3.05) is 19.1 Å². The lowest BCUT2D eigenvalue weighted by Crippen LogP contribution is -2.38. The molecule has 6 heteroatoms. The second-order valence-corrected chi connectivity index (χ2v) is 6.22. The Labute approximate surface area is 128 Å². The SMILES string of the molecule is CC1(n2c(CCCl)nc3cc(Cl)cnc32)CCOCC1. The van der Waals surface area contributed by atoms with Crippen LogP contribution in [0.3, 0.4) is 0 Å². The van der Waals surface area contributed by atoms with E-state index in [1.165, 1.54) is 0 Å². The molecule has 0 unspecified atom stereocenters. The lowest BCUT2D eigenvalue weighted by molar-refractivity contribution is 0.0299. The molecule has 1 aliphatic heterocycles. The molecule has 0 saturated carbocycles. The van der Waals surface area contributed by atoms with Gasteiger partial charge in [0.2, 0.25) is 0 Å². The van der Waals surface area contributed by atoms with Crippen LogP contribution in [0.4, 0.5) is 0 Å². The summed E-state index contributed by atoms with van der Waals surface area (Å²) in [5.41, 5.74) is 1.71. The third-order valence-corrected chi connectivity index (χ3v) is 4.36. The van der Waals surface area contributed by atoms with Crippen molar-refractivity contribution in [1.82, 2.24) is 14.5 Å². The summed E-state index contributed by atoms with van der Waals surface area (Å²) < 4.78 is 7.73. The van der Waals surface area contributed by atoms with Crippen molar-refractivity contribution in [3.63, 3.8) is 0 Å². The molecule has 20 heavy (non-hydrogen) atoms. The van der Waals surface area contributed by atoms with Gasteiger partial charge < -0.3 is 9.30 Å². The van der Waals surface area contributed by atoms with E-state index in [9.17, 15) is 0 Å². The Hall–Kier alpha value is -0.840. The lowest BCUT2D eigenvalue weighted by Gasteiger charge is -2.36. The van der Waals surface area contributed by atoms with Crippen LogP contribution in [0.2, 0.25) is 5.02 Å². The number of pyridine rings is 1. The number of ether oxygens (including phenoxy) is 1. The molecule has 0 aromatic carbocycles. The van der Waals surface area contributed by atoms with Crippen molar-refractivity contribution in [2.45, 2.75) is 31.7 Å². The van der Waals surface area contributed by atoms with Crippen molar-refractivity contribution < 1.29 is 4.74 Å². The summed E-state index contributed by atoms with van der Waals surface area (Å²) >= 11 is 11.9. The number of nitrogens with zero attached hydrogens (tertiary/aromatic N) is 3. The molecule has 0 aliphatic carbocycles. The molecule has 1 aliphatic rings. The summed E-state index contributed by atoms with van der Waals surface area (Å²) in [5, 5.41) is 0.608. The van der Waals surface area contributed by atoms with Gasteiger partial charge in [0.05, 0.1) is 5.02 Å². The van der Waals surface area contributed by atoms with Crippen LogP contribution in [0.1, 0.15) is 25.6 Å². The van der Waals surface area contributed by atoms with Crippen LogP contribution in [0, 0.1) is 0 Å². The van der Waals surface area contributed by atoms with E-state index in [1.54, 1.807) is 6.20 Å². The number of fused-ring (bicyclic) bond motifs is 1. The number of halogens is 2. The van der Waals surface area contributed by atoms with Crippen molar-refractivity contribution in [1.29, 1.82) is 0 Å². The summed E-state index contributed by atoms with van der Waals surface area (Å²) in [6.45, 7) is 3.78. The fourth-order valence-electron chi connectivity index (χ4n) is 2.84. The molecule has 3 rings (SSSR count). The van der Waals surface area contributed by atoms with Crippen LogP contribution < -0.4 is 0 Å². The molecular weight excluding hydrogens is 297 g/mol. The van der Waals surface area contributed by atoms with Gasteiger partial charge in [-0.2, -0.15) is 0 Å². The van der Waals surface area contributed by atoms with E-state index in [4.69, 9.17) is 27.9 Å². The van der Waals surface area contributed by atoms with Gasteiger partial charge in [0.1, 0.15) is 11.3 Å². The van der Waals surface area contributed by atoms with Crippen LogP contribution in [0.5, 0.6) is 0 Å². The predicted molar refractivity (Wildman–Crippen MR) is 80.7 cm³/mol. The van der Waals surface area contributed by atoms with E-state index < -0.39 is 0 Å². The van der Waals surface area contributed by atoms with Crippen LogP contribution in [-0.4, -0.2) is 33.6 Å². The Morgan fingerprint density at radius 2 is 2.15 bits per heavy atom. The molecule has 0 spiro atoms. The molecule has 1 fully saturated rings. The molecule has 0 bridgehead atoms. The summed E-state index contributed by atoms with van der Waals surface area (Å²) in [7, 11) is 0. The standard InChI is InChI=1S/C14H17Cl2N3O/c1-14(3-6-20-7-4-14)19-12(2-5-15)18-11-8-10(16)9-17-13(11)19/h8-9H,2-7H2,1H3. The minimum atomic E-state index is -0.0186. The monoisotopic (exact) mass is 313 g/mol. The zero-order valence-electron chi connectivity index (χ0n) is 11.4. The molecule has 108 valence electrons. The first kappa shape index (κ1) is 14.1. The van der Waals surface area contributed by atoms with Gasteiger partial charge in [0, 0.05) is 37.3 Å². The summed E-state index contributed by atoms with van der Waals surface area (Å²) in [4.78, 5) is 9.16. The van der Waals surface area contributed by atoms with E-state index in [2.05, 4.69) is 21.5 Å². The first-order valence-corrected chi connectivity index (χ1v) is 7.72. The van der Waals surface area contributed by atoms with Gasteiger partial charge in [0.25, 0.3) is 0 Å². The van der Waals surface area contributed by atoms with Gasteiger partial charge >= 0.3 is 0 Å². The third kappa shape index (κ3) is 2.41. The Bertz CT molecular complexity index is 620. The molecule has 0 amide bonds. The minimum Gasteiger partial charge on any atom is -0.381 e. The van der Waals surface area contributed by atoms with Gasteiger partial charge in [-0.1, -0.05) is 11.6 Å². The number of aromatic nitrogens is 3. The number of rotatable bonds is 3. The van der Waals surface area contributed by atoms with Crippen molar-refractivity contribution in [3.8, 4) is 0 Å². The average molecular weight is 314 g/mol. The Morgan fingerprint density at radius 1 is 1.40 bits per heavy atom. The molecule has 0 N–H and O–H groups in total. The molecule has 4 nitrogen and oxygen atoms in total. The zero-order valence-corrected chi connectivity index (χ0v) is 12.9. The Morgan fingerprint density at radius 3 is 2.85 bits per heavy atom. The summed E-state index contributed by atoms with van der Waals surface area (Å²) in [5.74, 6) is 1.53. The molecule has 2 aromatic heterocycles. The maximum absolute atomic E-state index is 6.02.